The Morgan fingerprint density at radius 2 is 2.14 bits per heavy atom. The van der Waals surface area contributed by atoms with Gasteiger partial charge in [-0.15, -0.1) is 11.6 Å². The maximum Gasteiger partial charge on any atom is 0.258 e. The van der Waals surface area contributed by atoms with Crippen molar-refractivity contribution in [2.75, 3.05) is 5.88 Å². The number of nitrogens with zero attached hydrogens (tertiary/aromatic N) is 2. The smallest absolute Gasteiger partial charge is 0.258 e. The minimum Gasteiger partial charge on any atom is -0.467 e. The van der Waals surface area contributed by atoms with Crippen LogP contribution < -0.4 is 0 Å². The van der Waals surface area contributed by atoms with Gasteiger partial charge in [0.05, 0.1) is 18.2 Å². The van der Waals surface area contributed by atoms with Gasteiger partial charge in [-0.2, -0.15) is 5.10 Å². The van der Waals surface area contributed by atoms with Crippen molar-refractivity contribution in [2.45, 2.75) is 12.5 Å². The molecule has 0 saturated heterocycles. The van der Waals surface area contributed by atoms with Gasteiger partial charge < -0.3 is 8.83 Å². The molecule has 0 unspecified atom stereocenters. The van der Waals surface area contributed by atoms with Gasteiger partial charge in [0.15, 0.2) is 0 Å². The molecule has 0 spiro atoms. The van der Waals surface area contributed by atoms with Crippen molar-refractivity contribution in [2.24, 2.45) is 5.10 Å². The van der Waals surface area contributed by atoms with Crippen LogP contribution in [0.15, 0.2) is 56.8 Å². The van der Waals surface area contributed by atoms with Crippen molar-refractivity contribution in [1.29, 1.82) is 0 Å². The van der Waals surface area contributed by atoms with Gasteiger partial charge in [-0.1, -0.05) is 0 Å². The summed E-state index contributed by atoms with van der Waals surface area (Å²) in [5.41, 5.74) is 0.770. The van der Waals surface area contributed by atoms with Gasteiger partial charge >= 0.3 is 0 Å². The molecule has 5 nitrogen and oxygen atoms in total. The lowest BCUT2D eigenvalue weighted by Crippen LogP contribution is -2.27. The van der Waals surface area contributed by atoms with Gasteiger partial charge in [-0.05, 0) is 36.4 Å². The third kappa shape index (κ3) is 2.92. The number of hydrogen-bond acceptors (Lipinski definition) is 4. The largest absolute Gasteiger partial charge is 0.467 e. The highest BCUT2D eigenvalue weighted by molar-refractivity contribution is 6.27. The predicted octanol–water partition coefficient (Wildman–Crippen LogP) is 3.45. The summed E-state index contributed by atoms with van der Waals surface area (Å²) in [4.78, 5) is 11.9. The molecule has 0 N–H and O–H groups in total. The van der Waals surface area contributed by atoms with Crippen LogP contribution in [0.2, 0.25) is 0 Å². The molecule has 1 atom stereocenters. The molecule has 2 aromatic heterocycles. The minimum atomic E-state index is -0.250. The molecule has 108 valence electrons. The van der Waals surface area contributed by atoms with Crippen molar-refractivity contribution in [3.05, 3.63) is 54.4 Å². The fraction of sp³-hybridized carbons (Fsp3) is 0.200. The Kier molecular flexibility index (Phi) is 3.92. The Morgan fingerprint density at radius 1 is 1.33 bits per heavy atom. The zero-order valence-electron chi connectivity index (χ0n) is 11.1. The van der Waals surface area contributed by atoms with Gasteiger partial charge in [-0.3, -0.25) is 4.79 Å². The first-order valence-corrected chi connectivity index (χ1v) is 7.02. The molecule has 3 heterocycles. The summed E-state index contributed by atoms with van der Waals surface area (Å²) in [5.74, 6) is 1.06. The lowest BCUT2D eigenvalue weighted by atomic mass is 10.1. The van der Waals surface area contributed by atoms with E-state index < -0.39 is 0 Å². The third-order valence-electron chi connectivity index (χ3n) is 3.16. The molecule has 0 bridgehead atoms. The van der Waals surface area contributed by atoms with E-state index in [1.165, 1.54) is 5.01 Å². The monoisotopic (exact) mass is 304 g/mol. The van der Waals surface area contributed by atoms with E-state index in [1.54, 1.807) is 18.6 Å². The van der Waals surface area contributed by atoms with Crippen LogP contribution in [0.3, 0.4) is 0 Å². The molecule has 2 aromatic rings. The number of furan rings is 2. The molecule has 0 aliphatic carbocycles. The van der Waals surface area contributed by atoms with Crippen molar-refractivity contribution < 1.29 is 13.6 Å². The predicted molar refractivity (Wildman–Crippen MR) is 78.8 cm³/mol. The van der Waals surface area contributed by atoms with Crippen LogP contribution in [0.5, 0.6) is 0 Å². The number of halogens is 1. The van der Waals surface area contributed by atoms with E-state index >= 15 is 0 Å². The number of hydrogen-bond donors (Lipinski definition) is 0. The number of amides is 1. The quantitative estimate of drug-likeness (QED) is 0.813. The second kappa shape index (κ2) is 6.01. The molecule has 21 heavy (non-hydrogen) atoms. The summed E-state index contributed by atoms with van der Waals surface area (Å²) >= 11 is 5.64. The number of hydrazone groups is 1. The molecule has 1 aliphatic heterocycles. The molecule has 0 fully saturated rings. The van der Waals surface area contributed by atoms with Crippen LogP contribution in [0.1, 0.15) is 24.0 Å². The highest BCUT2D eigenvalue weighted by atomic mass is 35.5. The molecule has 0 aromatic carbocycles. The molecule has 3 rings (SSSR count). The van der Waals surface area contributed by atoms with Crippen LogP contribution in [-0.4, -0.2) is 22.5 Å². The van der Waals surface area contributed by atoms with E-state index in [0.29, 0.717) is 12.2 Å². The first-order valence-electron chi connectivity index (χ1n) is 6.48. The minimum absolute atomic E-state index is 0.115. The van der Waals surface area contributed by atoms with Crippen molar-refractivity contribution in [1.82, 2.24) is 5.01 Å². The Labute approximate surface area is 126 Å². The van der Waals surface area contributed by atoms with Gasteiger partial charge in [0, 0.05) is 6.42 Å². The van der Waals surface area contributed by atoms with E-state index in [9.17, 15) is 4.79 Å². The Balaban J connectivity index is 1.81. The zero-order chi connectivity index (χ0) is 14.7. The second-order valence-corrected chi connectivity index (χ2v) is 4.81. The van der Waals surface area contributed by atoms with Crippen molar-refractivity contribution >= 4 is 29.3 Å². The Morgan fingerprint density at radius 3 is 2.81 bits per heavy atom. The Bertz CT molecular complexity index is 659. The first-order chi connectivity index (χ1) is 10.3. The maximum absolute atomic E-state index is 11.9. The number of carbonyl (C=O) groups is 1. The second-order valence-electron chi connectivity index (χ2n) is 4.55. The van der Waals surface area contributed by atoms with Crippen LogP contribution in [0.25, 0.3) is 6.08 Å². The van der Waals surface area contributed by atoms with Crippen LogP contribution >= 0.6 is 11.6 Å². The van der Waals surface area contributed by atoms with Gasteiger partial charge in [0.1, 0.15) is 23.4 Å². The van der Waals surface area contributed by atoms with Crippen molar-refractivity contribution in [3.8, 4) is 0 Å². The highest BCUT2D eigenvalue weighted by Crippen LogP contribution is 2.31. The van der Waals surface area contributed by atoms with Gasteiger partial charge in [0.25, 0.3) is 5.91 Å². The summed E-state index contributed by atoms with van der Waals surface area (Å²) in [5, 5.41) is 5.71. The zero-order valence-corrected chi connectivity index (χ0v) is 11.9. The van der Waals surface area contributed by atoms with E-state index in [1.807, 2.05) is 30.4 Å². The van der Waals surface area contributed by atoms with E-state index in [-0.39, 0.29) is 17.8 Å². The van der Waals surface area contributed by atoms with Crippen LogP contribution in [0, 0.1) is 0 Å². The number of carbonyl (C=O) groups excluding carboxylic acids is 1. The van der Waals surface area contributed by atoms with Crippen molar-refractivity contribution in [3.63, 3.8) is 0 Å². The standard InChI is InChI=1S/C15H13ClN2O3/c16-10-15(19)18-13(14-4-2-8-21-14)9-11(17-18)5-6-12-3-1-7-20-12/h1-8,13H,9-10H2/b6-5+/t13-/m1/s1. The normalized spacial score (nSPS) is 18.4. The fourth-order valence-electron chi connectivity index (χ4n) is 2.19. The molecule has 0 radical (unpaired) electrons. The van der Waals surface area contributed by atoms with Crippen LogP contribution in [0.4, 0.5) is 0 Å². The van der Waals surface area contributed by atoms with Gasteiger partial charge in [0.2, 0.25) is 0 Å². The summed E-state index contributed by atoms with van der Waals surface area (Å²) < 4.78 is 10.6. The van der Waals surface area contributed by atoms with E-state index in [4.69, 9.17) is 20.4 Å². The lowest BCUT2D eigenvalue weighted by Gasteiger charge is -2.18. The SMILES string of the molecule is O=C(CCl)N1N=C(/C=C/c2ccco2)C[C@@H]1c1ccco1. The lowest BCUT2D eigenvalue weighted by molar-refractivity contribution is -0.130. The average molecular weight is 305 g/mol. The number of rotatable bonds is 4. The number of alkyl halides is 1. The average Bonchev–Trinajstić information content (AvgIpc) is 3.23. The topological polar surface area (TPSA) is 59.0 Å². The first kappa shape index (κ1) is 13.7. The van der Waals surface area contributed by atoms with Gasteiger partial charge in [-0.25, -0.2) is 5.01 Å². The summed E-state index contributed by atoms with van der Waals surface area (Å²) in [6.45, 7) is 0. The summed E-state index contributed by atoms with van der Waals surface area (Å²) in [6, 6.07) is 7.02. The maximum atomic E-state index is 11.9. The molecule has 6 heteroatoms. The molecule has 0 saturated carbocycles. The summed E-state index contributed by atoms with van der Waals surface area (Å²) in [7, 11) is 0. The third-order valence-corrected chi connectivity index (χ3v) is 3.39. The molecule has 1 aliphatic rings. The Hall–Kier alpha value is -2.27. The summed E-state index contributed by atoms with van der Waals surface area (Å²) in [6.07, 6.45) is 7.40. The molecule has 1 amide bonds. The van der Waals surface area contributed by atoms with E-state index in [2.05, 4.69) is 5.10 Å². The fourth-order valence-corrected chi connectivity index (χ4v) is 2.31. The molecular formula is C15H13ClN2O3. The van der Waals surface area contributed by atoms with Crippen LogP contribution in [-0.2, 0) is 4.79 Å². The molecular weight excluding hydrogens is 292 g/mol. The number of allylic oxidation sites excluding steroid dienone is 1. The highest BCUT2D eigenvalue weighted by Gasteiger charge is 2.32. The van der Waals surface area contributed by atoms with E-state index in [0.717, 1.165) is 11.5 Å².